The van der Waals surface area contributed by atoms with Crippen molar-refractivity contribution in [3.8, 4) is 0 Å². The number of hydrogen-bond acceptors (Lipinski definition) is 2. The second-order valence-corrected chi connectivity index (χ2v) is 6.35. The van der Waals surface area contributed by atoms with E-state index in [1.807, 2.05) is 19.2 Å². The highest BCUT2D eigenvalue weighted by Gasteiger charge is 2.06. The summed E-state index contributed by atoms with van der Waals surface area (Å²) in [4.78, 5) is 11.2. The number of hydrogen-bond donors (Lipinski definition) is 0. The van der Waals surface area contributed by atoms with Gasteiger partial charge in [0, 0.05) is 6.42 Å². The van der Waals surface area contributed by atoms with Crippen molar-refractivity contribution in [3.63, 3.8) is 0 Å². The van der Waals surface area contributed by atoms with Crippen LogP contribution < -0.4 is 0 Å². The van der Waals surface area contributed by atoms with Crippen molar-refractivity contribution in [2.45, 2.75) is 64.5 Å². The smallest absolute Gasteiger partial charge is 0.292 e. The zero-order chi connectivity index (χ0) is 12.2. The molecule has 0 aliphatic heterocycles. The minimum Gasteiger partial charge on any atom is -0.518 e. The SMILES string of the molecule is C=CCCCCCCCCC(=O)O[Si](C)C. The van der Waals surface area contributed by atoms with Gasteiger partial charge in [0.05, 0.1) is 0 Å². The first-order chi connectivity index (χ1) is 7.66. The van der Waals surface area contributed by atoms with Gasteiger partial charge in [0.15, 0.2) is 0 Å². The first-order valence-electron chi connectivity index (χ1n) is 6.28. The molecule has 93 valence electrons. The van der Waals surface area contributed by atoms with E-state index in [4.69, 9.17) is 4.43 Å². The second-order valence-electron chi connectivity index (χ2n) is 4.33. The van der Waals surface area contributed by atoms with E-state index < -0.39 is 9.04 Å². The van der Waals surface area contributed by atoms with Crippen LogP contribution in [0.2, 0.25) is 13.1 Å². The van der Waals surface area contributed by atoms with Crippen molar-refractivity contribution in [2.24, 2.45) is 0 Å². The van der Waals surface area contributed by atoms with Gasteiger partial charge in [-0.3, -0.25) is 4.79 Å². The quantitative estimate of drug-likeness (QED) is 0.327. The Morgan fingerprint density at radius 1 is 1.12 bits per heavy atom. The van der Waals surface area contributed by atoms with Crippen LogP contribution >= 0.6 is 0 Å². The molecule has 0 aliphatic carbocycles. The molecule has 0 aromatic rings. The molecule has 0 bridgehead atoms. The normalized spacial score (nSPS) is 10.4. The summed E-state index contributed by atoms with van der Waals surface area (Å²) >= 11 is 0. The summed E-state index contributed by atoms with van der Waals surface area (Å²) in [5.41, 5.74) is 0. The molecule has 0 heterocycles. The van der Waals surface area contributed by atoms with E-state index in [9.17, 15) is 4.79 Å². The Morgan fingerprint density at radius 3 is 2.25 bits per heavy atom. The van der Waals surface area contributed by atoms with Crippen molar-refractivity contribution in [3.05, 3.63) is 12.7 Å². The van der Waals surface area contributed by atoms with Crippen LogP contribution in [0, 0.1) is 0 Å². The van der Waals surface area contributed by atoms with Crippen LogP contribution in [0.3, 0.4) is 0 Å². The van der Waals surface area contributed by atoms with E-state index in [0.717, 1.165) is 19.3 Å². The lowest BCUT2D eigenvalue weighted by Gasteiger charge is -2.06. The summed E-state index contributed by atoms with van der Waals surface area (Å²) in [6, 6.07) is 0. The Morgan fingerprint density at radius 2 is 1.69 bits per heavy atom. The number of carbonyl (C=O) groups is 1. The lowest BCUT2D eigenvalue weighted by atomic mass is 10.1. The largest absolute Gasteiger partial charge is 0.518 e. The molecule has 3 heteroatoms. The van der Waals surface area contributed by atoms with Crippen LogP contribution in [0.1, 0.15) is 51.4 Å². The third-order valence-corrected chi connectivity index (χ3v) is 2.99. The van der Waals surface area contributed by atoms with Crippen LogP contribution in [-0.4, -0.2) is 15.0 Å². The molecule has 0 saturated carbocycles. The molecule has 0 aromatic heterocycles. The van der Waals surface area contributed by atoms with E-state index in [1.165, 1.54) is 25.7 Å². The molecule has 16 heavy (non-hydrogen) atoms. The monoisotopic (exact) mass is 241 g/mol. The Balaban J connectivity index is 3.14. The zero-order valence-electron chi connectivity index (χ0n) is 10.8. The van der Waals surface area contributed by atoms with E-state index in [2.05, 4.69) is 6.58 Å². The van der Waals surface area contributed by atoms with Crippen LogP contribution in [0.4, 0.5) is 0 Å². The van der Waals surface area contributed by atoms with Gasteiger partial charge in [-0.25, -0.2) is 0 Å². The molecule has 0 spiro atoms. The molecule has 0 atom stereocenters. The Hall–Kier alpha value is -0.573. The zero-order valence-corrected chi connectivity index (χ0v) is 11.8. The third kappa shape index (κ3) is 11.5. The first-order valence-corrected chi connectivity index (χ1v) is 8.69. The van der Waals surface area contributed by atoms with Gasteiger partial charge < -0.3 is 4.43 Å². The summed E-state index contributed by atoms with van der Waals surface area (Å²) in [7, 11) is -0.849. The molecule has 2 nitrogen and oxygen atoms in total. The fourth-order valence-corrected chi connectivity index (χ4v) is 2.10. The van der Waals surface area contributed by atoms with E-state index >= 15 is 0 Å². The minimum absolute atomic E-state index is 0.00875. The summed E-state index contributed by atoms with van der Waals surface area (Å²) in [5, 5.41) is 0. The van der Waals surface area contributed by atoms with Crippen LogP contribution in [0.5, 0.6) is 0 Å². The van der Waals surface area contributed by atoms with Crippen molar-refractivity contribution >= 4 is 15.0 Å². The highest BCUT2D eigenvalue weighted by atomic mass is 28.3. The van der Waals surface area contributed by atoms with Gasteiger partial charge in [0.1, 0.15) is 0 Å². The predicted octanol–water partition coefficient (Wildman–Crippen LogP) is 4.09. The Bertz CT molecular complexity index is 190. The van der Waals surface area contributed by atoms with E-state index in [0.29, 0.717) is 6.42 Å². The molecule has 0 fully saturated rings. The average Bonchev–Trinajstić information content (AvgIpc) is 2.21. The highest BCUT2D eigenvalue weighted by Crippen LogP contribution is 2.09. The second kappa shape index (κ2) is 10.9. The maximum Gasteiger partial charge on any atom is 0.292 e. The molecule has 0 unspecified atom stereocenters. The lowest BCUT2D eigenvalue weighted by Crippen LogP contribution is -2.14. The molecular weight excluding hydrogens is 216 g/mol. The van der Waals surface area contributed by atoms with Crippen molar-refractivity contribution < 1.29 is 9.22 Å². The maximum atomic E-state index is 11.2. The van der Waals surface area contributed by atoms with Crippen LogP contribution in [0.15, 0.2) is 12.7 Å². The molecule has 0 aliphatic rings. The third-order valence-electron chi connectivity index (χ3n) is 2.36. The van der Waals surface area contributed by atoms with Gasteiger partial charge in [-0.05, 0) is 32.4 Å². The van der Waals surface area contributed by atoms with Crippen molar-refractivity contribution in [1.29, 1.82) is 0 Å². The first kappa shape index (κ1) is 15.4. The van der Waals surface area contributed by atoms with Crippen molar-refractivity contribution in [1.82, 2.24) is 0 Å². The average molecular weight is 241 g/mol. The van der Waals surface area contributed by atoms with Gasteiger partial charge in [-0.15, -0.1) is 6.58 Å². The molecular formula is C13H25O2Si. The van der Waals surface area contributed by atoms with Crippen LogP contribution in [0.25, 0.3) is 0 Å². The number of unbranched alkanes of at least 4 members (excludes halogenated alkanes) is 6. The van der Waals surface area contributed by atoms with Gasteiger partial charge in [0.2, 0.25) is 0 Å². The van der Waals surface area contributed by atoms with Gasteiger partial charge in [-0.2, -0.15) is 0 Å². The minimum atomic E-state index is -0.849. The highest BCUT2D eigenvalue weighted by molar-refractivity contribution is 6.50. The topological polar surface area (TPSA) is 26.3 Å². The maximum absolute atomic E-state index is 11.2. The number of carbonyl (C=O) groups excluding carboxylic acids is 1. The molecule has 0 saturated heterocycles. The summed E-state index contributed by atoms with van der Waals surface area (Å²) in [6.07, 6.45) is 10.9. The Labute approximate surface area is 102 Å². The van der Waals surface area contributed by atoms with Gasteiger partial charge in [0.25, 0.3) is 15.0 Å². The number of rotatable bonds is 10. The van der Waals surface area contributed by atoms with Gasteiger partial charge in [-0.1, -0.05) is 31.8 Å². The molecule has 0 rings (SSSR count). The standard InChI is InChI=1S/C13H25O2Si/c1-4-5-6-7-8-9-10-11-12-13(14)15-16(2)3/h4H,1,5-12H2,2-3H3. The molecule has 0 aromatic carbocycles. The fourth-order valence-electron chi connectivity index (χ4n) is 1.54. The Kier molecular flexibility index (Phi) is 10.5. The summed E-state index contributed by atoms with van der Waals surface area (Å²) < 4.78 is 5.16. The summed E-state index contributed by atoms with van der Waals surface area (Å²) in [5.74, 6) is -0.00875. The molecule has 0 amide bonds. The predicted molar refractivity (Wildman–Crippen MR) is 70.7 cm³/mol. The lowest BCUT2D eigenvalue weighted by molar-refractivity contribution is -0.134. The fraction of sp³-hybridized carbons (Fsp3) is 0.769. The molecule has 1 radical (unpaired) electrons. The van der Waals surface area contributed by atoms with Crippen LogP contribution in [-0.2, 0) is 9.22 Å². The van der Waals surface area contributed by atoms with E-state index in [-0.39, 0.29) is 5.97 Å². The summed E-state index contributed by atoms with van der Waals surface area (Å²) in [6.45, 7) is 7.68. The van der Waals surface area contributed by atoms with E-state index in [1.54, 1.807) is 0 Å². The van der Waals surface area contributed by atoms with Gasteiger partial charge >= 0.3 is 0 Å². The number of allylic oxidation sites excluding steroid dienone is 1. The molecule has 0 N–H and O–H groups in total. The van der Waals surface area contributed by atoms with Crippen molar-refractivity contribution in [2.75, 3.05) is 0 Å².